The maximum atomic E-state index is 6.56. The van der Waals surface area contributed by atoms with E-state index in [0.717, 1.165) is 54.8 Å². The van der Waals surface area contributed by atoms with E-state index < -0.39 is 0 Å². The molecule has 1 saturated heterocycles. The van der Waals surface area contributed by atoms with Gasteiger partial charge in [-0.1, -0.05) is 30.6 Å². The van der Waals surface area contributed by atoms with Crippen LogP contribution in [-0.2, 0) is 13.6 Å². The Balaban J connectivity index is 1.64. The summed E-state index contributed by atoms with van der Waals surface area (Å²) in [5.74, 6) is 1.54. The minimum Gasteiger partial charge on any atom is -0.361 e. The lowest BCUT2D eigenvalue weighted by Crippen LogP contribution is -2.32. The predicted octanol–water partition coefficient (Wildman–Crippen LogP) is 4.03. The Bertz CT molecular complexity index is 739. The summed E-state index contributed by atoms with van der Waals surface area (Å²) in [5.41, 5.74) is 2.63. The maximum Gasteiger partial charge on any atom is 0.134 e. The molecule has 6 nitrogen and oxygen atoms in total. The number of halogens is 1. The molecule has 1 unspecified atom stereocenters. The molecule has 27 heavy (non-hydrogen) atoms. The van der Waals surface area contributed by atoms with Crippen molar-refractivity contribution in [3.05, 3.63) is 22.5 Å². The normalized spacial score (nSPS) is 19.0. The van der Waals surface area contributed by atoms with Crippen LogP contribution in [0.1, 0.15) is 50.9 Å². The SMILES string of the molecule is Cc1cc(-c2nn(C)c(Cl)c2CN2CCCC(NCCC(C)C)CC2)no1. The van der Waals surface area contributed by atoms with E-state index >= 15 is 0 Å². The monoisotopic (exact) mass is 393 g/mol. The number of nitrogens with zero attached hydrogens (tertiary/aromatic N) is 4. The molecule has 0 saturated carbocycles. The molecule has 0 bridgehead atoms. The van der Waals surface area contributed by atoms with Crippen LogP contribution in [-0.4, -0.2) is 45.5 Å². The van der Waals surface area contributed by atoms with Crippen molar-refractivity contribution < 1.29 is 4.52 Å². The standard InChI is InChI=1S/C20H32ClN5O/c1-14(2)7-9-22-16-6-5-10-26(11-8-16)13-17-19(23-25(4)20(17)21)18-12-15(3)27-24-18/h12,14,16,22H,5-11,13H2,1-4H3. The molecule has 0 aliphatic carbocycles. The van der Waals surface area contributed by atoms with Gasteiger partial charge in [-0.05, 0) is 58.2 Å². The number of hydrogen-bond acceptors (Lipinski definition) is 5. The van der Waals surface area contributed by atoms with Crippen LogP contribution >= 0.6 is 11.6 Å². The summed E-state index contributed by atoms with van der Waals surface area (Å²) in [6, 6.07) is 2.54. The van der Waals surface area contributed by atoms with Gasteiger partial charge < -0.3 is 9.84 Å². The Hall–Kier alpha value is -1.37. The molecule has 0 spiro atoms. The third kappa shape index (κ3) is 5.33. The van der Waals surface area contributed by atoms with Crippen LogP contribution in [0.3, 0.4) is 0 Å². The maximum absolute atomic E-state index is 6.56. The Morgan fingerprint density at radius 1 is 1.33 bits per heavy atom. The van der Waals surface area contributed by atoms with E-state index in [9.17, 15) is 0 Å². The Kier molecular flexibility index (Phi) is 6.95. The van der Waals surface area contributed by atoms with E-state index in [1.165, 1.54) is 25.7 Å². The molecule has 1 N–H and O–H groups in total. The van der Waals surface area contributed by atoms with Gasteiger partial charge in [-0.15, -0.1) is 0 Å². The van der Waals surface area contributed by atoms with Gasteiger partial charge in [0.25, 0.3) is 0 Å². The first-order valence-electron chi connectivity index (χ1n) is 10.0. The first kappa shape index (κ1) is 20.4. The second-order valence-corrected chi connectivity index (χ2v) is 8.46. The molecular weight excluding hydrogens is 362 g/mol. The van der Waals surface area contributed by atoms with Gasteiger partial charge in [0.15, 0.2) is 0 Å². The average molecular weight is 394 g/mol. The van der Waals surface area contributed by atoms with Crippen LogP contribution < -0.4 is 5.32 Å². The highest BCUT2D eigenvalue weighted by atomic mass is 35.5. The Labute approximate surface area is 167 Å². The molecular formula is C20H32ClN5O. The summed E-state index contributed by atoms with van der Waals surface area (Å²) in [6.07, 6.45) is 4.86. The van der Waals surface area contributed by atoms with Crippen LogP contribution in [0.4, 0.5) is 0 Å². The van der Waals surface area contributed by atoms with Crippen molar-refractivity contribution in [1.82, 2.24) is 25.2 Å². The van der Waals surface area contributed by atoms with E-state index in [-0.39, 0.29) is 0 Å². The summed E-state index contributed by atoms with van der Waals surface area (Å²) in [6.45, 7) is 10.5. The zero-order chi connectivity index (χ0) is 19.4. The molecule has 150 valence electrons. The molecule has 7 heteroatoms. The van der Waals surface area contributed by atoms with E-state index in [1.54, 1.807) is 4.68 Å². The molecule has 1 aliphatic rings. The van der Waals surface area contributed by atoms with Gasteiger partial charge in [0.05, 0.1) is 0 Å². The summed E-state index contributed by atoms with van der Waals surface area (Å²) in [4.78, 5) is 2.49. The second-order valence-electron chi connectivity index (χ2n) is 8.11. The lowest BCUT2D eigenvalue weighted by Gasteiger charge is -2.20. The largest absolute Gasteiger partial charge is 0.361 e. The molecule has 2 aromatic heterocycles. The van der Waals surface area contributed by atoms with Crippen LogP contribution in [0, 0.1) is 12.8 Å². The van der Waals surface area contributed by atoms with E-state index in [4.69, 9.17) is 16.1 Å². The van der Waals surface area contributed by atoms with Crippen molar-refractivity contribution in [1.29, 1.82) is 0 Å². The van der Waals surface area contributed by atoms with Crippen LogP contribution in [0.5, 0.6) is 0 Å². The van der Waals surface area contributed by atoms with Gasteiger partial charge in [-0.25, -0.2) is 0 Å². The highest BCUT2D eigenvalue weighted by molar-refractivity contribution is 6.30. The van der Waals surface area contributed by atoms with E-state index in [0.29, 0.717) is 11.2 Å². The highest BCUT2D eigenvalue weighted by Gasteiger charge is 2.23. The molecule has 1 aliphatic heterocycles. The van der Waals surface area contributed by atoms with E-state index in [2.05, 4.69) is 34.3 Å². The number of rotatable bonds is 7. The molecule has 0 amide bonds. The molecule has 0 radical (unpaired) electrons. The van der Waals surface area contributed by atoms with Crippen LogP contribution in [0.15, 0.2) is 10.6 Å². The minimum atomic E-state index is 0.621. The highest BCUT2D eigenvalue weighted by Crippen LogP contribution is 2.29. The van der Waals surface area contributed by atoms with Gasteiger partial charge in [0, 0.05) is 31.3 Å². The fraction of sp³-hybridized carbons (Fsp3) is 0.700. The fourth-order valence-electron chi connectivity index (χ4n) is 3.69. The number of aryl methyl sites for hydroxylation is 2. The van der Waals surface area contributed by atoms with Crippen LogP contribution in [0.25, 0.3) is 11.4 Å². The van der Waals surface area contributed by atoms with Crippen molar-refractivity contribution in [2.24, 2.45) is 13.0 Å². The fourth-order valence-corrected chi connectivity index (χ4v) is 3.88. The molecule has 0 aromatic carbocycles. The number of likely N-dealkylation sites (tertiary alicyclic amines) is 1. The second kappa shape index (κ2) is 9.22. The summed E-state index contributed by atoms with van der Waals surface area (Å²) in [7, 11) is 1.87. The lowest BCUT2D eigenvalue weighted by molar-refractivity contribution is 0.274. The molecule has 3 rings (SSSR count). The van der Waals surface area contributed by atoms with Crippen molar-refractivity contribution in [2.75, 3.05) is 19.6 Å². The van der Waals surface area contributed by atoms with Crippen molar-refractivity contribution in [3.8, 4) is 11.4 Å². The molecule has 1 atom stereocenters. The van der Waals surface area contributed by atoms with Gasteiger partial charge in [0.1, 0.15) is 22.3 Å². The van der Waals surface area contributed by atoms with Gasteiger partial charge in [0.2, 0.25) is 0 Å². The van der Waals surface area contributed by atoms with Crippen molar-refractivity contribution in [2.45, 2.75) is 59.0 Å². The first-order chi connectivity index (χ1) is 12.9. The third-order valence-electron chi connectivity index (χ3n) is 5.30. The lowest BCUT2D eigenvalue weighted by atomic mass is 10.1. The quantitative estimate of drug-likeness (QED) is 0.769. The van der Waals surface area contributed by atoms with E-state index in [1.807, 2.05) is 20.0 Å². The molecule has 1 fully saturated rings. The predicted molar refractivity (Wildman–Crippen MR) is 109 cm³/mol. The van der Waals surface area contributed by atoms with Gasteiger partial charge in [-0.3, -0.25) is 9.58 Å². The van der Waals surface area contributed by atoms with Crippen LogP contribution in [0.2, 0.25) is 5.15 Å². The summed E-state index contributed by atoms with van der Waals surface area (Å²) < 4.78 is 6.96. The van der Waals surface area contributed by atoms with Crippen molar-refractivity contribution in [3.63, 3.8) is 0 Å². The average Bonchev–Trinajstić information content (AvgIpc) is 3.07. The summed E-state index contributed by atoms with van der Waals surface area (Å²) >= 11 is 6.56. The Morgan fingerprint density at radius 2 is 2.15 bits per heavy atom. The zero-order valence-electron chi connectivity index (χ0n) is 17.0. The topological polar surface area (TPSA) is 59.1 Å². The third-order valence-corrected chi connectivity index (χ3v) is 5.77. The zero-order valence-corrected chi connectivity index (χ0v) is 17.7. The minimum absolute atomic E-state index is 0.621. The molecule has 3 heterocycles. The number of nitrogens with one attached hydrogen (secondary N) is 1. The smallest absolute Gasteiger partial charge is 0.134 e. The molecule has 2 aromatic rings. The Morgan fingerprint density at radius 3 is 2.85 bits per heavy atom. The first-order valence-corrected chi connectivity index (χ1v) is 10.4. The van der Waals surface area contributed by atoms with Crippen molar-refractivity contribution >= 4 is 11.6 Å². The number of aromatic nitrogens is 3. The van der Waals surface area contributed by atoms with Gasteiger partial charge >= 0.3 is 0 Å². The summed E-state index contributed by atoms with van der Waals surface area (Å²) in [5, 5.41) is 13.1. The number of hydrogen-bond donors (Lipinski definition) is 1. The van der Waals surface area contributed by atoms with Gasteiger partial charge in [-0.2, -0.15) is 5.10 Å².